The summed E-state index contributed by atoms with van der Waals surface area (Å²) in [4.78, 5) is 6.87. The Bertz CT molecular complexity index is 603. The summed E-state index contributed by atoms with van der Waals surface area (Å²) in [5, 5.41) is 0.692. The molecule has 1 atom stereocenters. The zero-order valence-corrected chi connectivity index (χ0v) is 12.9. The van der Waals surface area contributed by atoms with E-state index in [1.807, 2.05) is 12.1 Å². The molecular formula is C17H19ClN2O. The number of hydrogen-bond donors (Lipinski definition) is 0. The monoisotopic (exact) mass is 302 g/mol. The van der Waals surface area contributed by atoms with Crippen LogP contribution in [0.4, 0.5) is 5.69 Å². The van der Waals surface area contributed by atoms with Crippen molar-refractivity contribution in [2.75, 3.05) is 25.2 Å². The smallest absolute Gasteiger partial charge is 0.0642 e. The van der Waals surface area contributed by atoms with E-state index in [2.05, 4.69) is 34.1 Å². The van der Waals surface area contributed by atoms with Gasteiger partial charge in [0, 0.05) is 32.3 Å². The van der Waals surface area contributed by atoms with E-state index in [1.54, 1.807) is 13.3 Å². The van der Waals surface area contributed by atoms with Crippen molar-refractivity contribution in [3.05, 3.63) is 58.9 Å². The first-order valence-electron chi connectivity index (χ1n) is 7.18. The first kappa shape index (κ1) is 14.4. The van der Waals surface area contributed by atoms with E-state index in [9.17, 15) is 0 Å². The van der Waals surface area contributed by atoms with Crippen molar-refractivity contribution in [2.45, 2.75) is 13.0 Å². The van der Waals surface area contributed by atoms with Gasteiger partial charge < -0.3 is 9.64 Å². The molecule has 2 aromatic rings. The van der Waals surface area contributed by atoms with Gasteiger partial charge in [0.15, 0.2) is 0 Å². The van der Waals surface area contributed by atoms with Crippen molar-refractivity contribution in [1.82, 2.24) is 4.98 Å². The van der Waals surface area contributed by atoms with Gasteiger partial charge in [-0.1, -0.05) is 41.9 Å². The second-order valence-corrected chi connectivity index (χ2v) is 5.95. The number of ether oxygens (including phenoxy) is 1. The average molecular weight is 303 g/mol. The summed E-state index contributed by atoms with van der Waals surface area (Å²) in [6.07, 6.45) is 2.68. The van der Waals surface area contributed by atoms with E-state index >= 15 is 0 Å². The molecule has 4 heteroatoms. The lowest BCUT2D eigenvalue weighted by Crippen LogP contribution is -2.37. The third-order valence-corrected chi connectivity index (χ3v) is 4.04. The van der Waals surface area contributed by atoms with Gasteiger partial charge in [0.1, 0.15) is 0 Å². The molecule has 1 aromatic carbocycles. The van der Waals surface area contributed by atoms with Crippen molar-refractivity contribution in [2.24, 2.45) is 5.92 Å². The number of methoxy groups -OCH3 is 1. The Morgan fingerprint density at radius 1 is 1.33 bits per heavy atom. The van der Waals surface area contributed by atoms with E-state index in [1.165, 1.54) is 5.56 Å². The van der Waals surface area contributed by atoms with Gasteiger partial charge in [-0.05, 0) is 18.1 Å². The highest BCUT2D eigenvalue weighted by Crippen LogP contribution is 2.31. The molecule has 1 aliphatic rings. The quantitative estimate of drug-likeness (QED) is 0.863. The number of hydrogen-bond acceptors (Lipinski definition) is 3. The van der Waals surface area contributed by atoms with Gasteiger partial charge in [0.25, 0.3) is 0 Å². The third kappa shape index (κ3) is 3.36. The van der Waals surface area contributed by atoms with E-state index < -0.39 is 0 Å². The summed E-state index contributed by atoms with van der Waals surface area (Å²) in [5.41, 5.74) is 3.56. The number of pyridine rings is 1. The second-order valence-electron chi connectivity index (χ2n) is 5.51. The topological polar surface area (TPSA) is 25.4 Å². The van der Waals surface area contributed by atoms with Gasteiger partial charge in [-0.25, -0.2) is 0 Å². The van der Waals surface area contributed by atoms with Crippen LogP contribution in [0.3, 0.4) is 0 Å². The largest absolute Gasteiger partial charge is 0.384 e. The summed E-state index contributed by atoms with van der Waals surface area (Å²) in [6, 6.07) is 12.5. The highest BCUT2D eigenvalue weighted by molar-refractivity contribution is 6.30. The number of rotatable bonds is 4. The van der Waals surface area contributed by atoms with Crippen LogP contribution in [0, 0.1) is 5.92 Å². The van der Waals surface area contributed by atoms with Gasteiger partial charge in [-0.3, -0.25) is 4.98 Å². The molecule has 0 saturated carbocycles. The minimum absolute atomic E-state index is 0.472. The SMILES string of the molecule is COC[C@H]1Cc2ncc(Cl)cc2N(Cc2ccccc2)C1. The van der Waals surface area contributed by atoms with E-state index in [0.29, 0.717) is 10.9 Å². The van der Waals surface area contributed by atoms with Crippen LogP contribution in [0.2, 0.25) is 5.02 Å². The first-order chi connectivity index (χ1) is 10.3. The molecule has 0 fully saturated rings. The molecule has 3 nitrogen and oxygen atoms in total. The maximum atomic E-state index is 6.13. The molecule has 0 aliphatic carbocycles. The maximum absolute atomic E-state index is 6.13. The third-order valence-electron chi connectivity index (χ3n) is 3.83. The molecule has 3 rings (SSSR count). The Hall–Kier alpha value is -1.58. The molecular weight excluding hydrogens is 284 g/mol. The van der Waals surface area contributed by atoms with Gasteiger partial charge >= 0.3 is 0 Å². The number of aromatic nitrogens is 1. The predicted molar refractivity (Wildman–Crippen MR) is 85.8 cm³/mol. The van der Waals surface area contributed by atoms with Gasteiger partial charge in [0.2, 0.25) is 0 Å². The molecule has 0 saturated heterocycles. The molecule has 0 radical (unpaired) electrons. The van der Waals surface area contributed by atoms with Crippen LogP contribution in [0.1, 0.15) is 11.3 Å². The summed E-state index contributed by atoms with van der Waals surface area (Å²) in [5.74, 6) is 0.472. The lowest BCUT2D eigenvalue weighted by Gasteiger charge is -2.35. The molecule has 2 heterocycles. The fourth-order valence-electron chi connectivity index (χ4n) is 2.94. The lowest BCUT2D eigenvalue weighted by molar-refractivity contribution is 0.151. The molecule has 0 bridgehead atoms. The van der Waals surface area contributed by atoms with Crippen molar-refractivity contribution in [1.29, 1.82) is 0 Å². The predicted octanol–water partition coefficient (Wildman–Crippen LogP) is 3.56. The Kier molecular flexibility index (Phi) is 4.42. The zero-order chi connectivity index (χ0) is 14.7. The van der Waals surface area contributed by atoms with E-state index in [4.69, 9.17) is 16.3 Å². The van der Waals surface area contributed by atoms with Gasteiger partial charge in [0.05, 0.1) is 23.0 Å². The Morgan fingerprint density at radius 2 is 2.14 bits per heavy atom. The Labute approximate surface area is 130 Å². The number of fused-ring (bicyclic) bond motifs is 1. The summed E-state index contributed by atoms with van der Waals surface area (Å²) < 4.78 is 5.34. The molecule has 1 aliphatic heterocycles. The second kappa shape index (κ2) is 6.46. The van der Waals surface area contributed by atoms with Crippen LogP contribution >= 0.6 is 11.6 Å². The van der Waals surface area contributed by atoms with Crippen molar-refractivity contribution >= 4 is 17.3 Å². The van der Waals surface area contributed by atoms with Crippen molar-refractivity contribution in [3.63, 3.8) is 0 Å². The molecule has 0 unspecified atom stereocenters. The molecule has 0 amide bonds. The van der Waals surface area contributed by atoms with E-state index in [0.717, 1.165) is 37.5 Å². The van der Waals surface area contributed by atoms with Crippen LogP contribution in [-0.2, 0) is 17.7 Å². The Morgan fingerprint density at radius 3 is 2.90 bits per heavy atom. The van der Waals surface area contributed by atoms with Crippen LogP contribution in [0.25, 0.3) is 0 Å². The van der Waals surface area contributed by atoms with Crippen LogP contribution < -0.4 is 4.90 Å². The summed E-state index contributed by atoms with van der Waals surface area (Å²) in [7, 11) is 1.76. The zero-order valence-electron chi connectivity index (χ0n) is 12.1. The van der Waals surface area contributed by atoms with Gasteiger partial charge in [-0.15, -0.1) is 0 Å². The number of nitrogens with zero attached hydrogens (tertiary/aromatic N) is 2. The number of benzene rings is 1. The minimum atomic E-state index is 0.472. The van der Waals surface area contributed by atoms with Crippen molar-refractivity contribution in [3.8, 4) is 0 Å². The average Bonchev–Trinajstić information content (AvgIpc) is 2.49. The highest BCUT2D eigenvalue weighted by atomic mass is 35.5. The van der Waals surface area contributed by atoms with Crippen LogP contribution in [0.5, 0.6) is 0 Å². The Balaban J connectivity index is 1.89. The van der Waals surface area contributed by atoms with Gasteiger partial charge in [-0.2, -0.15) is 0 Å². The molecule has 110 valence electrons. The van der Waals surface area contributed by atoms with Crippen LogP contribution in [0.15, 0.2) is 42.6 Å². The fourth-order valence-corrected chi connectivity index (χ4v) is 3.09. The molecule has 0 spiro atoms. The minimum Gasteiger partial charge on any atom is -0.384 e. The number of halogens is 1. The molecule has 0 N–H and O–H groups in total. The first-order valence-corrected chi connectivity index (χ1v) is 7.56. The summed E-state index contributed by atoms with van der Waals surface area (Å²) in [6.45, 7) is 2.60. The van der Waals surface area contributed by atoms with Crippen molar-refractivity contribution < 1.29 is 4.74 Å². The lowest BCUT2D eigenvalue weighted by atomic mass is 9.96. The summed E-state index contributed by atoms with van der Waals surface area (Å²) >= 11 is 6.13. The molecule has 1 aromatic heterocycles. The highest BCUT2D eigenvalue weighted by Gasteiger charge is 2.25. The van der Waals surface area contributed by atoms with E-state index in [-0.39, 0.29) is 0 Å². The number of anilines is 1. The maximum Gasteiger partial charge on any atom is 0.0642 e. The standard InChI is InChI=1S/C17H19ClN2O/c1-21-12-14-7-16-17(8-15(18)9-19-16)20(11-14)10-13-5-3-2-4-6-13/h2-6,8-9,14H,7,10-12H2,1H3/t14-/m0/s1. The van der Waals surface area contributed by atoms with Crippen LogP contribution in [-0.4, -0.2) is 25.2 Å². The normalized spacial score (nSPS) is 17.6. The fraction of sp³-hybridized carbons (Fsp3) is 0.353. The molecule has 21 heavy (non-hydrogen) atoms.